The first kappa shape index (κ1) is 25.3. The van der Waals surface area contributed by atoms with Crippen molar-refractivity contribution in [2.45, 2.75) is 70.8 Å². The first-order chi connectivity index (χ1) is 17.9. The van der Waals surface area contributed by atoms with E-state index >= 15 is 0 Å². The highest BCUT2D eigenvalue weighted by Crippen LogP contribution is 2.41. The lowest BCUT2D eigenvalue weighted by Crippen LogP contribution is -2.53. The van der Waals surface area contributed by atoms with E-state index in [9.17, 15) is 19.2 Å². The number of hydrogen-bond donors (Lipinski definition) is 2. The number of hydrogen-bond acceptors (Lipinski definition) is 5. The number of amides is 2. The molecule has 2 fully saturated rings. The van der Waals surface area contributed by atoms with Crippen molar-refractivity contribution in [2.75, 3.05) is 26.2 Å². The van der Waals surface area contributed by atoms with Gasteiger partial charge in [0.1, 0.15) is 12.4 Å². The van der Waals surface area contributed by atoms with Gasteiger partial charge >= 0.3 is 5.69 Å². The first-order valence-corrected chi connectivity index (χ1v) is 13.5. The fourth-order valence-corrected chi connectivity index (χ4v) is 6.25. The summed E-state index contributed by atoms with van der Waals surface area (Å²) in [6.45, 7) is 3.87. The maximum Gasteiger partial charge on any atom is 0.325 e. The summed E-state index contributed by atoms with van der Waals surface area (Å²) in [5.41, 5.74) is 0.348. The second-order valence-corrected chi connectivity index (χ2v) is 10.8. The van der Waals surface area contributed by atoms with Crippen molar-refractivity contribution >= 4 is 11.8 Å². The summed E-state index contributed by atoms with van der Waals surface area (Å²) in [5.74, 6) is 0.994. The third-order valence-corrected chi connectivity index (χ3v) is 8.50. The van der Waals surface area contributed by atoms with E-state index in [0.29, 0.717) is 38.2 Å². The van der Waals surface area contributed by atoms with Crippen LogP contribution in [-0.4, -0.2) is 63.9 Å². The number of carbonyl (C=O) groups excluding carboxylic acids is 2. The molecule has 0 saturated carbocycles. The van der Waals surface area contributed by atoms with Crippen molar-refractivity contribution in [3.63, 3.8) is 0 Å². The molecule has 5 rings (SSSR count). The maximum absolute atomic E-state index is 14.0. The minimum absolute atomic E-state index is 0.0656. The Bertz CT molecular complexity index is 1270. The molecule has 4 heterocycles. The minimum atomic E-state index is -0.575. The number of H-pyrrole nitrogens is 2. The molecule has 0 radical (unpaired) electrons. The zero-order valence-corrected chi connectivity index (χ0v) is 21.5. The summed E-state index contributed by atoms with van der Waals surface area (Å²) in [6.07, 6.45) is 6.78. The van der Waals surface area contributed by atoms with E-state index in [-0.39, 0.29) is 29.8 Å². The molecule has 1 spiro atoms. The van der Waals surface area contributed by atoms with Crippen molar-refractivity contribution in [2.24, 2.45) is 5.41 Å². The van der Waals surface area contributed by atoms with Gasteiger partial charge in [0.2, 0.25) is 11.8 Å². The second kappa shape index (κ2) is 10.6. The molecule has 2 N–H and O–H groups in total. The van der Waals surface area contributed by atoms with E-state index in [1.807, 2.05) is 17.0 Å². The number of piperidine rings is 1. The third-order valence-electron chi connectivity index (χ3n) is 8.50. The van der Waals surface area contributed by atoms with Gasteiger partial charge in [-0.05, 0) is 63.5 Å². The molecule has 2 saturated heterocycles. The zero-order valence-electron chi connectivity index (χ0n) is 21.5. The Labute approximate surface area is 216 Å². The number of nitrogens with one attached hydrogen (secondary N) is 2. The third kappa shape index (κ3) is 5.22. The van der Waals surface area contributed by atoms with Crippen LogP contribution in [0.4, 0.5) is 0 Å². The topological polar surface area (TPSA) is 116 Å². The van der Waals surface area contributed by atoms with Gasteiger partial charge in [-0.15, -0.1) is 0 Å². The monoisotopic (exact) mass is 508 g/mol. The fraction of sp³-hybridized carbons (Fsp3) is 0.571. The first-order valence-electron chi connectivity index (χ1n) is 13.5. The van der Waals surface area contributed by atoms with Crippen LogP contribution in [0.1, 0.15) is 61.8 Å². The number of para-hydroxylation sites is 1. The van der Waals surface area contributed by atoms with E-state index in [1.54, 1.807) is 11.8 Å². The molecular formula is C28H36N4O5. The molecule has 3 aliphatic heterocycles. The molecule has 37 heavy (non-hydrogen) atoms. The molecular weight excluding hydrogens is 472 g/mol. The summed E-state index contributed by atoms with van der Waals surface area (Å²) in [7, 11) is 0. The number of carbonyl (C=O) groups is 2. The van der Waals surface area contributed by atoms with Crippen LogP contribution < -0.4 is 16.0 Å². The molecule has 3 aliphatic rings. The number of rotatable bonds is 2. The summed E-state index contributed by atoms with van der Waals surface area (Å²) < 4.78 is 6.23. The van der Waals surface area contributed by atoms with Crippen LogP contribution in [0.15, 0.2) is 33.9 Å². The van der Waals surface area contributed by atoms with Gasteiger partial charge < -0.3 is 19.5 Å². The number of aryl methyl sites for hydroxylation is 2. The van der Waals surface area contributed by atoms with Crippen molar-refractivity contribution in [3.05, 3.63) is 61.9 Å². The molecule has 9 heteroatoms. The molecule has 1 aromatic carbocycles. The van der Waals surface area contributed by atoms with Gasteiger partial charge in [-0.2, -0.15) is 0 Å². The van der Waals surface area contributed by atoms with E-state index < -0.39 is 16.7 Å². The van der Waals surface area contributed by atoms with Gasteiger partial charge in [0.25, 0.3) is 5.56 Å². The number of aromatic nitrogens is 2. The van der Waals surface area contributed by atoms with Crippen molar-refractivity contribution < 1.29 is 14.3 Å². The standard InChI is InChI=1S/C28H36N4O5/c1-19-22(25(34)30-27(36)29-19)17-24(33)31-15-12-28(13-16-31)11-5-4-8-20-7-2-3-10-23(20)37-18-21-9-6-14-32(21)26(28)35/h2-3,7,10,21H,4-6,8-9,11-18H2,1H3,(H2,29,30,34,36)/t21-/m0/s1. The van der Waals surface area contributed by atoms with Crippen LogP contribution in [0.3, 0.4) is 0 Å². The van der Waals surface area contributed by atoms with Crippen LogP contribution in [0.5, 0.6) is 5.75 Å². The van der Waals surface area contributed by atoms with Crippen LogP contribution >= 0.6 is 0 Å². The lowest BCUT2D eigenvalue weighted by atomic mass is 9.72. The smallest absolute Gasteiger partial charge is 0.325 e. The SMILES string of the molecule is Cc1[nH]c(=O)[nH]c(=O)c1CC(=O)N1CCC2(CCCCc3ccccc3OC[C@@H]3CCCN3C2=O)CC1. The van der Waals surface area contributed by atoms with Gasteiger partial charge in [-0.25, -0.2) is 4.79 Å². The Morgan fingerprint density at radius 1 is 1.03 bits per heavy atom. The van der Waals surface area contributed by atoms with Crippen LogP contribution in [0.2, 0.25) is 0 Å². The summed E-state index contributed by atoms with van der Waals surface area (Å²) in [4.78, 5) is 59.4. The molecule has 9 nitrogen and oxygen atoms in total. The predicted molar refractivity (Wildman–Crippen MR) is 139 cm³/mol. The maximum atomic E-state index is 14.0. The average Bonchev–Trinajstić information content (AvgIpc) is 3.35. The number of likely N-dealkylation sites (tertiary alicyclic amines) is 1. The summed E-state index contributed by atoms with van der Waals surface area (Å²) in [6, 6.07) is 8.29. The van der Waals surface area contributed by atoms with Gasteiger partial charge in [0.05, 0.1) is 17.9 Å². The van der Waals surface area contributed by atoms with E-state index in [2.05, 4.69) is 22.1 Å². The Morgan fingerprint density at radius 2 is 1.81 bits per heavy atom. The number of aromatic amines is 2. The number of ether oxygens (including phenoxy) is 1. The Balaban J connectivity index is 1.31. The molecule has 0 unspecified atom stereocenters. The zero-order chi connectivity index (χ0) is 26.0. The molecule has 2 aromatic rings. The normalized spacial score (nSPS) is 22.0. The van der Waals surface area contributed by atoms with Gasteiger partial charge in [-0.1, -0.05) is 24.6 Å². The van der Waals surface area contributed by atoms with E-state index in [4.69, 9.17) is 4.74 Å². The molecule has 2 amide bonds. The quantitative estimate of drug-likeness (QED) is 0.646. The largest absolute Gasteiger partial charge is 0.491 e. The van der Waals surface area contributed by atoms with Gasteiger partial charge in [0, 0.05) is 30.9 Å². The lowest BCUT2D eigenvalue weighted by Gasteiger charge is -2.44. The van der Waals surface area contributed by atoms with Gasteiger partial charge in [-0.3, -0.25) is 19.4 Å². The molecule has 1 atom stereocenters. The minimum Gasteiger partial charge on any atom is -0.491 e. The highest BCUT2D eigenvalue weighted by molar-refractivity contribution is 5.84. The Morgan fingerprint density at radius 3 is 2.59 bits per heavy atom. The summed E-state index contributed by atoms with van der Waals surface area (Å²) >= 11 is 0. The molecule has 0 bridgehead atoms. The van der Waals surface area contributed by atoms with Crippen LogP contribution in [0, 0.1) is 12.3 Å². The molecule has 1 aromatic heterocycles. The predicted octanol–water partition coefficient (Wildman–Crippen LogP) is 2.32. The second-order valence-electron chi connectivity index (χ2n) is 10.8. The van der Waals surface area contributed by atoms with Crippen LogP contribution in [0.25, 0.3) is 0 Å². The number of nitrogens with zero attached hydrogens (tertiary/aromatic N) is 2. The fourth-order valence-electron chi connectivity index (χ4n) is 6.25. The van der Waals surface area contributed by atoms with Crippen molar-refractivity contribution in [1.29, 1.82) is 0 Å². The molecule has 0 aliphatic carbocycles. The highest BCUT2D eigenvalue weighted by atomic mass is 16.5. The van der Waals surface area contributed by atoms with Crippen molar-refractivity contribution in [1.82, 2.24) is 19.8 Å². The van der Waals surface area contributed by atoms with Crippen LogP contribution in [-0.2, 0) is 22.4 Å². The van der Waals surface area contributed by atoms with E-state index in [1.165, 1.54) is 5.56 Å². The van der Waals surface area contributed by atoms with E-state index in [0.717, 1.165) is 50.8 Å². The lowest BCUT2D eigenvalue weighted by molar-refractivity contribution is -0.150. The molecule has 198 valence electrons. The average molecular weight is 509 g/mol. The van der Waals surface area contributed by atoms with Gasteiger partial charge in [0.15, 0.2) is 0 Å². The van der Waals surface area contributed by atoms with Crippen molar-refractivity contribution in [3.8, 4) is 5.75 Å². The number of benzene rings is 1. The number of fused-ring (bicyclic) bond motifs is 2. The Kier molecular flexibility index (Phi) is 7.22. The highest BCUT2D eigenvalue weighted by Gasteiger charge is 2.46. The summed E-state index contributed by atoms with van der Waals surface area (Å²) in [5, 5.41) is 0. The Hall–Kier alpha value is -3.36.